The number of hydrogen-bond acceptors (Lipinski definition) is 7. The van der Waals surface area contributed by atoms with Crippen LogP contribution in [0.5, 0.6) is 0 Å². The fourth-order valence-electron chi connectivity index (χ4n) is 2.16. The molecule has 1 aromatic heterocycles. The zero-order valence-corrected chi connectivity index (χ0v) is 12.8. The highest BCUT2D eigenvalue weighted by Crippen LogP contribution is 2.13. The number of oxime groups is 1. The number of amides is 1. The van der Waals surface area contributed by atoms with Crippen LogP contribution < -0.4 is 5.73 Å². The Labute approximate surface area is 131 Å². The number of carbonyl (C=O) groups excluding carboxylic acids is 1. The number of nitrogens with zero attached hydrogens (tertiary/aromatic N) is 3. The van der Waals surface area contributed by atoms with Gasteiger partial charge in [-0.1, -0.05) is 18.0 Å². The summed E-state index contributed by atoms with van der Waals surface area (Å²) in [5.74, 6) is -1.47. The molecule has 0 aliphatic carbocycles. The highest BCUT2D eigenvalue weighted by molar-refractivity contribution is 7.13. The maximum absolute atomic E-state index is 12.0. The van der Waals surface area contributed by atoms with Gasteiger partial charge in [-0.3, -0.25) is 4.79 Å². The number of carbonyl (C=O) groups is 2. The van der Waals surface area contributed by atoms with E-state index in [-0.39, 0.29) is 29.1 Å². The number of hydrogen-bond donors (Lipinski definition) is 2. The van der Waals surface area contributed by atoms with Crippen LogP contribution >= 0.6 is 11.3 Å². The molecule has 8 nitrogen and oxygen atoms in total. The van der Waals surface area contributed by atoms with Crippen molar-refractivity contribution in [2.45, 2.75) is 25.7 Å². The lowest BCUT2D eigenvalue weighted by Crippen LogP contribution is -2.34. The molecule has 0 radical (unpaired) electrons. The van der Waals surface area contributed by atoms with Gasteiger partial charge in [0.2, 0.25) is 5.71 Å². The Morgan fingerprint density at radius 2 is 2.05 bits per heavy atom. The van der Waals surface area contributed by atoms with Crippen molar-refractivity contribution < 1.29 is 19.5 Å². The average Bonchev–Trinajstić information content (AvgIpc) is 2.75. The lowest BCUT2D eigenvalue weighted by atomic mass is 10.2. The van der Waals surface area contributed by atoms with Crippen LogP contribution in [0.2, 0.25) is 0 Å². The third-order valence-electron chi connectivity index (χ3n) is 3.27. The molecule has 1 saturated heterocycles. The second-order valence-corrected chi connectivity index (χ2v) is 5.77. The molecule has 0 aromatic carbocycles. The summed E-state index contributed by atoms with van der Waals surface area (Å²) in [6.07, 6.45) is 4.20. The molecule has 0 spiro atoms. The summed E-state index contributed by atoms with van der Waals surface area (Å²) in [6, 6.07) is 0. The summed E-state index contributed by atoms with van der Waals surface area (Å²) in [4.78, 5) is 33.6. The predicted molar refractivity (Wildman–Crippen MR) is 81.7 cm³/mol. The van der Waals surface area contributed by atoms with Gasteiger partial charge in [-0.05, 0) is 12.8 Å². The molecule has 9 heteroatoms. The fourth-order valence-corrected chi connectivity index (χ4v) is 2.70. The average molecular weight is 326 g/mol. The third kappa shape index (κ3) is 4.42. The molecule has 1 aromatic rings. The first-order chi connectivity index (χ1) is 10.6. The standard InChI is InChI=1S/C13H18N4O4S/c14-13-15-9(8-22-13)11(12(19)20)16-21-7-10(18)17-5-3-1-2-4-6-17/h8H,1-7H2,(H2,14,15)(H,19,20). The van der Waals surface area contributed by atoms with E-state index in [0.717, 1.165) is 37.0 Å². The number of nitrogens with two attached hydrogens (primary N) is 1. The van der Waals surface area contributed by atoms with Gasteiger partial charge < -0.3 is 20.6 Å². The zero-order valence-electron chi connectivity index (χ0n) is 12.0. The molecule has 1 aliphatic rings. The monoisotopic (exact) mass is 326 g/mol. The van der Waals surface area contributed by atoms with E-state index in [1.54, 1.807) is 4.90 Å². The molecule has 3 N–H and O–H groups in total. The zero-order chi connectivity index (χ0) is 15.9. The molecule has 1 amide bonds. The Morgan fingerprint density at radius 1 is 1.36 bits per heavy atom. The van der Waals surface area contributed by atoms with Gasteiger partial charge >= 0.3 is 5.97 Å². The third-order valence-corrected chi connectivity index (χ3v) is 3.94. The van der Waals surface area contributed by atoms with Crippen molar-refractivity contribution >= 4 is 34.1 Å². The summed E-state index contributed by atoms with van der Waals surface area (Å²) >= 11 is 1.11. The SMILES string of the molecule is Nc1nc(C(=NOCC(=O)N2CCCCCC2)C(=O)O)cs1. The van der Waals surface area contributed by atoms with Crippen molar-refractivity contribution in [2.24, 2.45) is 5.16 Å². The first-order valence-corrected chi connectivity index (χ1v) is 7.88. The van der Waals surface area contributed by atoms with Gasteiger partial charge in [0, 0.05) is 18.5 Å². The summed E-state index contributed by atoms with van der Waals surface area (Å²) < 4.78 is 0. The quantitative estimate of drug-likeness (QED) is 0.614. The maximum Gasteiger partial charge on any atom is 0.360 e. The van der Waals surface area contributed by atoms with E-state index in [0.29, 0.717) is 13.1 Å². The molecule has 0 atom stereocenters. The van der Waals surface area contributed by atoms with Gasteiger partial charge in [0.15, 0.2) is 11.7 Å². The van der Waals surface area contributed by atoms with Gasteiger partial charge in [0.05, 0.1) is 0 Å². The molecule has 0 saturated carbocycles. The Morgan fingerprint density at radius 3 is 2.59 bits per heavy atom. The molecule has 22 heavy (non-hydrogen) atoms. The Kier molecular flexibility index (Phi) is 5.70. The smallest absolute Gasteiger partial charge is 0.360 e. The van der Waals surface area contributed by atoms with Crippen LogP contribution in [-0.4, -0.2) is 52.3 Å². The minimum absolute atomic E-state index is 0.122. The molecule has 0 unspecified atom stereocenters. The minimum Gasteiger partial charge on any atom is -0.476 e. The van der Waals surface area contributed by atoms with Crippen LogP contribution in [0.1, 0.15) is 31.4 Å². The number of thiazole rings is 1. The molecule has 1 fully saturated rings. The fraction of sp³-hybridized carbons (Fsp3) is 0.538. The van der Waals surface area contributed by atoms with Gasteiger partial charge in [0.1, 0.15) is 5.69 Å². The molecule has 2 heterocycles. The van der Waals surface area contributed by atoms with Crippen molar-refractivity contribution in [1.82, 2.24) is 9.88 Å². The number of carboxylic acids is 1. The van der Waals surface area contributed by atoms with E-state index in [4.69, 9.17) is 15.7 Å². The molecular formula is C13H18N4O4S. The Hall–Kier alpha value is -2.16. The van der Waals surface area contributed by atoms with E-state index in [1.807, 2.05) is 0 Å². The lowest BCUT2D eigenvalue weighted by Gasteiger charge is -2.19. The van der Waals surface area contributed by atoms with Crippen molar-refractivity contribution in [3.63, 3.8) is 0 Å². The second kappa shape index (κ2) is 7.74. The van der Waals surface area contributed by atoms with E-state index in [9.17, 15) is 9.59 Å². The molecule has 2 rings (SSSR count). The summed E-state index contributed by atoms with van der Waals surface area (Å²) in [7, 11) is 0. The van der Waals surface area contributed by atoms with E-state index >= 15 is 0 Å². The Balaban J connectivity index is 1.93. The van der Waals surface area contributed by atoms with Gasteiger partial charge in [-0.2, -0.15) is 0 Å². The number of nitrogen functional groups attached to an aromatic ring is 1. The number of anilines is 1. The van der Waals surface area contributed by atoms with E-state index < -0.39 is 5.97 Å². The van der Waals surface area contributed by atoms with Crippen LogP contribution in [0.15, 0.2) is 10.5 Å². The lowest BCUT2D eigenvalue weighted by molar-refractivity contribution is -0.136. The van der Waals surface area contributed by atoms with Crippen molar-refractivity contribution in [2.75, 3.05) is 25.4 Å². The molecular weight excluding hydrogens is 308 g/mol. The summed E-state index contributed by atoms with van der Waals surface area (Å²) in [6.45, 7) is 1.14. The van der Waals surface area contributed by atoms with E-state index in [2.05, 4.69) is 10.1 Å². The number of aliphatic carboxylic acids is 1. The number of carboxylic acid groups (broad SMARTS) is 1. The van der Waals surface area contributed by atoms with Crippen LogP contribution in [-0.2, 0) is 14.4 Å². The number of rotatable bonds is 5. The van der Waals surface area contributed by atoms with E-state index in [1.165, 1.54) is 5.38 Å². The Bertz CT molecular complexity index is 564. The number of likely N-dealkylation sites (tertiary alicyclic amines) is 1. The predicted octanol–water partition coefficient (Wildman–Crippen LogP) is 0.933. The first-order valence-electron chi connectivity index (χ1n) is 7.00. The summed E-state index contributed by atoms with van der Waals surface area (Å²) in [5, 5.41) is 14.3. The molecule has 1 aliphatic heterocycles. The highest BCUT2D eigenvalue weighted by Gasteiger charge is 2.19. The largest absolute Gasteiger partial charge is 0.476 e. The second-order valence-electron chi connectivity index (χ2n) is 4.88. The van der Waals surface area contributed by atoms with Crippen LogP contribution in [0.4, 0.5) is 5.13 Å². The molecule has 0 bridgehead atoms. The van der Waals surface area contributed by atoms with Crippen LogP contribution in [0, 0.1) is 0 Å². The number of aromatic nitrogens is 1. The highest BCUT2D eigenvalue weighted by atomic mass is 32.1. The van der Waals surface area contributed by atoms with Crippen LogP contribution in [0.3, 0.4) is 0 Å². The van der Waals surface area contributed by atoms with Gasteiger partial charge in [-0.25, -0.2) is 9.78 Å². The van der Waals surface area contributed by atoms with Crippen LogP contribution in [0.25, 0.3) is 0 Å². The first kappa shape index (κ1) is 16.2. The summed E-state index contributed by atoms with van der Waals surface area (Å²) in [5.41, 5.74) is 5.22. The van der Waals surface area contributed by atoms with Crippen molar-refractivity contribution in [1.29, 1.82) is 0 Å². The van der Waals surface area contributed by atoms with Crippen molar-refractivity contribution in [3.05, 3.63) is 11.1 Å². The maximum atomic E-state index is 12.0. The van der Waals surface area contributed by atoms with Gasteiger partial charge in [-0.15, -0.1) is 11.3 Å². The minimum atomic E-state index is -1.28. The van der Waals surface area contributed by atoms with Gasteiger partial charge in [0.25, 0.3) is 5.91 Å². The normalized spacial score (nSPS) is 16.2. The van der Waals surface area contributed by atoms with Crippen molar-refractivity contribution in [3.8, 4) is 0 Å². The molecule has 120 valence electrons. The topological polar surface area (TPSA) is 118 Å².